The Balaban J connectivity index is 2.57. The van der Waals surface area contributed by atoms with Gasteiger partial charge in [0.05, 0.1) is 0 Å². The largest absolute Gasteiger partial charge is 0.310 e. The van der Waals surface area contributed by atoms with Crippen molar-refractivity contribution < 1.29 is 4.39 Å². The molecule has 0 spiro atoms. The zero-order valence-electron chi connectivity index (χ0n) is 10.7. The highest BCUT2D eigenvalue weighted by molar-refractivity contribution is 5.23. The molecule has 2 unspecified atom stereocenters. The Morgan fingerprint density at radius 3 is 2.62 bits per heavy atom. The van der Waals surface area contributed by atoms with Crippen molar-refractivity contribution in [2.75, 3.05) is 0 Å². The first-order chi connectivity index (χ1) is 7.54. The lowest BCUT2D eigenvalue weighted by atomic mass is 10.0. The van der Waals surface area contributed by atoms with Gasteiger partial charge in [-0.05, 0) is 25.8 Å². The van der Waals surface area contributed by atoms with E-state index in [2.05, 4.69) is 26.1 Å². The predicted octanol–water partition coefficient (Wildman–Crippen LogP) is 3.66. The first-order valence-corrected chi connectivity index (χ1v) is 6.03. The fraction of sp³-hybridized carbons (Fsp3) is 0.571. The molecular formula is C14H22FN. The van der Waals surface area contributed by atoms with Crippen LogP contribution in [0.2, 0.25) is 0 Å². The van der Waals surface area contributed by atoms with Crippen LogP contribution in [0.3, 0.4) is 0 Å². The molecule has 1 N–H and O–H groups in total. The molecule has 16 heavy (non-hydrogen) atoms. The molecule has 0 aliphatic rings. The lowest BCUT2D eigenvalue weighted by Crippen LogP contribution is -2.31. The van der Waals surface area contributed by atoms with Crippen molar-refractivity contribution >= 4 is 0 Å². The van der Waals surface area contributed by atoms with Crippen molar-refractivity contribution in [3.05, 3.63) is 35.1 Å². The minimum atomic E-state index is -0.116. The van der Waals surface area contributed by atoms with E-state index < -0.39 is 0 Å². The van der Waals surface area contributed by atoms with Crippen molar-refractivity contribution in [2.24, 2.45) is 5.92 Å². The molecule has 0 bridgehead atoms. The van der Waals surface area contributed by atoms with E-state index in [1.165, 1.54) is 0 Å². The molecule has 0 aromatic heterocycles. The summed E-state index contributed by atoms with van der Waals surface area (Å²) in [5, 5.41) is 3.38. The SMILES string of the molecule is CCC(C)C(C)NCc1cc(C)ccc1F. The smallest absolute Gasteiger partial charge is 0.127 e. The Bertz CT molecular complexity index is 336. The Kier molecular flexibility index (Phi) is 4.94. The summed E-state index contributed by atoms with van der Waals surface area (Å²) in [7, 11) is 0. The van der Waals surface area contributed by atoms with Gasteiger partial charge in [-0.1, -0.05) is 38.0 Å². The highest BCUT2D eigenvalue weighted by atomic mass is 19.1. The van der Waals surface area contributed by atoms with E-state index in [-0.39, 0.29) is 5.82 Å². The molecule has 0 fully saturated rings. The predicted molar refractivity (Wildman–Crippen MR) is 66.9 cm³/mol. The quantitative estimate of drug-likeness (QED) is 0.803. The monoisotopic (exact) mass is 223 g/mol. The standard InChI is InChI=1S/C14H22FN/c1-5-11(3)12(4)16-9-13-8-10(2)6-7-14(13)15/h6-8,11-12,16H,5,9H2,1-4H3. The molecule has 0 aliphatic carbocycles. The molecule has 0 saturated heterocycles. The van der Waals surface area contributed by atoms with Gasteiger partial charge < -0.3 is 5.32 Å². The molecule has 0 amide bonds. The van der Waals surface area contributed by atoms with Gasteiger partial charge in [0, 0.05) is 18.2 Å². The molecule has 1 aromatic rings. The van der Waals surface area contributed by atoms with Gasteiger partial charge >= 0.3 is 0 Å². The third-order valence-corrected chi connectivity index (χ3v) is 3.31. The summed E-state index contributed by atoms with van der Waals surface area (Å²) in [4.78, 5) is 0. The van der Waals surface area contributed by atoms with Crippen LogP contribution in [-0.2, 0) is 6.54 Å². The van der Waals surface area contributed by atoms with Crippen molar-refractivity contribution in [3.8, 4) is 0 Å². The van der Waals surface area contributed by atoms with Gasteiger partial charge in [-0.3, -0.25) is 0 Å². The summed E-state index contributed by atoms with van der Waals surface area (Å²) in [6, 6.07) is 5.67. The summed E-state index contributed by atoms with van der Waals surface area (Å²) in [5.74, 6) is 0.502. The van der Waals surface area contributed by atoms with Crippen LogP contribution >= 0.6 is 0 Å². The average Bonchev–Trinajstić information content (AvgIpc) is 2.28. The van der Waals surface area contributed by atoms with E-state index in [0.29, 0.717) is 18.5 Å². The van der Waals surface area contributed by atoms with Crippen LogP contribution in [-0.4, -0.2) is 6.04 Å². The zero-order valence-corrected chi connectivity index (χ0v) is 10.7. The summed E-state index contributed by atoms with van der Waals surface area (Å²) in [6.07, 6.45) is 1.14. The van der Waals surface area contributed by atoms with E-state index in [0.717, 1.165) is 17.5 Å². The normalized spacial score (nSPS) is 14.8. The van der Waals surface area contributed by atoms with Crippen LogP contribution in [0, 0.1) is 18.7 Å². The molecule has 0 heterocycles. The van der Waals surface area contributed by atoms with Gasteiger partial charge in [-0.25, -0.2) is 4.39 Å². The Morgan fingerprint density at radius 1 is 1.31 bits per heavy atom. The minimum Gasteiger partial charge on any atom is -0.310 e. The zero-order chi connectivity index (χ0) is 12.1. The molecule has 2 atom stereocenters. The molecule has 0 radical (unpaired) electrons. The summed E-state index contributed by atoms with van der Waals surface area (Å²) in [6.45, 7) is 9.14. The maximum absolute atomic E-state index is 13.5. The van der Waals surface area contributed by atoms with Crippen LogP contribution in [0.15, 0.2) is 18.2 Å². The van der Waals surface area contributed by atoms with E-state index in [4.69, 9.17) is 0 Å². The number of benzene rings is 1. The first-order valence-electron chi connectivity index (χ1n) is 6.03. The maximum Gasteiger partial charge on any atom is 0.127 e. The number of aryl methyl sites for hydroxylation is 1. The van der Waals surface area contributed by atoms with Gasteiger partial charge in [0.15, 0.2) is 0 Å². The Hall–Kier alpha value is -0.890. The highest BCUT2D eigenvalue weighted by Crippen LogP contribution is 2.12. The molecule has 1 aromatic carbocycles. The summed E-state index contributed by atoms with van der Waals surface area (Å²) in [5.41, 5.74) is 1.87. The second-order valence-corrected chi connectivity index (χ2v) is 4.65. The van der Waals surface area contributed by atoms with Gasteiger partial charge in [0.1, 0.15) is 5.82 Å². The van der Waals surface area contributed by atoms with E-state index in [1.807, 2.05) is 13.0 Å². The Morgan fingerprint density at radius 2 is 2.00 bits per heavy atom. The maximum atomic E-state index is 13.5. The number of hydrogen-bond acceptors (Lipinski definition) is 1. The third-order valence-electron chi connectivity index (χ3n) is 3.31. The molecule has 90 valence electrons. The average molecular weight is 223 g/mol. The molecule has 2 heteroatoms. The van der Waals surface area contributed by atoms with Crippen LogP contribution < -0.4 is 5.32 Å². The van der Waals surface area contributed by atoms with Gasteiger partial charge in [0.2, 0.25) is 0 Å². The molecule has 0 saturated carbocycles. The number of nitrogens with one attached hydrogen (secondary N) is 1. The second-order valence-electron chi connectivity index (χ2n) is 4.65. The van der Waals surface area contributed by atoms with Gasteiger partial charge in [-0.2, -0.15) is 0 Å². The minimum absolute atomic E-state index is 0.116. The van der Waals surface area contributed by atoms with Crippen molar-refractivity contribution in [1.29, 1.82) is 0 Å². The summed E-state index contributed by atoms with van der Waals surface area (Å²) >= 11 is 0. The van der Waals surface area contributed by atoms with Crippen LogP contribution in [0.4, 0.5) is 4.39 Å². The van der Waals surface area contributed by atoms with Crippen LogP contribution in [0.5, 0.6) is 0 Å². The topological polar surface area (TPSA) is 12.0 Å². The van der Waals surface area contributed by atoms with Gasteiger partial charge in [0.25, 0.3) is 0 Å². The van der Waals surface area contributed by atoms with Crippen molar-refractivity contribution in [2.45, 2.75) is 46.7 Å². The van der Waals surface area contributed by atoms with Crippen LogP contribution in [0.25, 0.3) is 0 Å². The van der Waals surface area contributed by atoms with E-state index >= 15 is 0 Å². The highest BCUT2D eigenvalue weighted by Gasteiger charge is 2.10. The fourth-order valence-electron chi connectivity index (χ4n) is 1.66. The number of rotatable bonds is 5. The Labute approximate surface area is 98.1 Å². The lowest BCUT2D eigenvalue weighted by molar-refractivity contribution is 0.386. The van der Waals surface area contributed by atoms with Gasteiger partial charge in [-0.15, -0.1) is 0 Å². The summed E-state index contributed by atoms with van der Waals surface area (Å²) < 4.78 is 13.5. The van der Waals surface area contributed by atoms with Crippen molar-refractivity contribution in [1.82, 2.24) is 5.32 Å². The fourth-order valence-corrected chi connectivity index (χ4v) is 1.66. The number of hydrogen-bond donors (Lipinski definition) is 1. The third kappa shape index (κ3) is 3.60. The molecular weight excluding hydrogens is 201 g/mol. The molecule has 0 aliphatic heterocycles. The van der Waals surface area contributed by atoms with E-state index in [1.54, 1.807) is 12.1 Å². The number of halogens is 1. The molecule has 1 nitrogen and oxygen atoms in total. The molecule has 1 rings (SSSR count). The van der Waals surface area contributed by atoms with Crippen molar-refractivity contribution in [3.63, 3.8) is 0 Å². The second kappa shape index (κ2) is 6.00. The first kappa shape index (κ1) is 13.2. The van der Waals surface area contributed by atoms with Crippen LogP contribution in [0.1, 0.15) is 38.3 Å². The van der Waals surface area contributed by atoms with E-state index in [9.17, 15) is 4.39 Å². The lowest BCUT2D eigenvalue weighted by Gasteiger charge is -2.20.